The summed E-state index contributed by atoms with van der Waals surface area (Å²) in [7, 11) is 0. The lowest BCUT2D eigenvalue weighted by Gasteiger charge is -2.36. The Bertz CT molecular complexity index is 256. The lowest BCUT2D eigenvalue weighted by atomic mass is 9.97. The molecule has 2 fully saturated rings. The molecule has 100 valence electrons. The first kappa shape index (κ1) is 15.1. The highest BCUT2D eigenvalue weighted by atomic mass is 35.5. The Morgan fingerprint density at radius 1 is 1.47 bits per heavy atom. The maximum Gasteiger partial charge on any atom is 0.225 e. The third kappa shape index (κ3) is 3.74. The van der Waals surface area contributed by atoms with Gasteiger partial charge in [0.25, 0.3) is 0 Å². The van der Waals surface area contributed by atoms with Gasteiger partial charge < -0.3 is 15.4 Å². The molecule has 0 atom stereocenters. The van der Waals surface area contributed by atoms with Crippen molar-refractivity contribution in [2.24, 2.45) is 5.92 Å². The molecule has 0 saturated carbocycles. The molecule has 0 spiro atoms. The fourth-order valence-corrected chi connectivity index (χ4v) is 2.85. The van der Waals surface area contributed by atoms with E-state index in [1.54, 1.807) is 0 Å². The monoisotopic (exact) mass is 280 g/mol. The molecule has 2 rings (SSSR count). The van der Waals surface area contributed by atoms with Crippen LogP contribution in [-0.4, -0.2) is 49.8 Å². The quantitative estimate of drug-likeness (QED) is 0.794. The van der Waals surface area contributed by atoms with Crippen LogP contribution in [0.5, 0.6) is 0 Å². The van der Waals surface area contributed by atoms with Crippen LogP contribution in [0.2, 0.25) is 0 Å². The minimum absolute atomic E-state index is 0. The number of ether oxygens (including phenoxy) is 1. The zero-order chi connectivity index (χ0) is 11.4. The van der Waals surface area contributed by atoms with Gasteiger partial charge in [0.1, 0.15) is 0 Å². The highest BCUT2D eigenvalue weighted by Crippen LogP contribution is 2.33. The molecule has 1 amide bonds. The third-order valence-electron chi connectivity index (χ3n) is 3.57. The Kier molecular flexibility index (Phi) is 6.06. The summed E-state index contributed by atoms with van der Waals surface area (Å²) in [6, 6.07) is 0. The van der Waals surface area contributed by atoms with Crippen molar-refractivity contribution in [3.63, 3.8) is 0 Å². The van der Waals surface area contributed by atoms with Gasteiger partial charge >= 0.3 is 0 Å². The van der Waals surface area contributed by atoms with Gasteiger partial charge in [-0.05, 0) is 19.1 Å². The Labute approximate surface area is 113 Å². The molecule has 2 saturated heterocycles. The number of carbonyl (C=O) groups excluding carboxylic acids is 1. The Balaban J connectivity index is 0.00000144. The maximum atomic E-state index is 11.7. The van der Waals surface area contributed by atoms with Crippen LogP contribution in [0.3, 0.4) is 0 Å². The average Bonchev–Trinajstić information content (AvgIpc) is 2.25. The van der Waals surface area contributed by atoms with Crippen molar-refractivity contribution in [1.29, 1.82) is 0 Å². The summed E-state index contributed by atoms with van der Waals surface area (Å²) in [5, 5.41) is 6.21. The second-order valence-corrected chi connectivity index (χ2v) is 5.85. The van der Waals surface area contributed by atoms with Gasteiger partial charge in [0.05, 0.1) is 5.92 Å². The van der Waals surface area contributed by atoms with E-state index in [1.807, 2.05) is 11.8 Å². The van der Waals surface area contributed by atoms with Gasteiger partial charge in [-0.1, -0.05) is 0 Å². The first-order valence-corrected chi connectivity index (χ1v) is 7.10. The summed E-state index contributed by atoms with van der Waals surface area (Å²) in [5.74, 6) is 0.400. The highest BCUT2D eigenvalue weighted by molar-refractivity contribution is 8.00. The van der Waals surface area contributed by atoms with Crippen LogP contribution in [0.1, 0.15) is 12.8 Å². The molecule has 6 heteroatoms. The zero-order valence-electron chi connectivity index (χ0n) is 10.2. The topological polar surface area (TPSA) is 50.4 Å². The van der Waals surface area contributed by atoms with Gasteiger partial charge in [-0.3, -0.25) is 4.79 Å². The summed E-state index contributed by atoms with van der Waals surface area (Å²) in [6.45, 7) is 4.10. The Morgan fingerprint density at radius 2 is 2.12 bits per heavy atom. The van der Waals surface area contributed by atoms with Crippen LogP contribution in [0.15, 0.2) is 0 Å². The Morgan fingerprint density at radius 3 is 2.59 bits per heavy atom. The van der Waals surface area contributed by atoms with Gasteiger partial charge in [0.15, 0.2) is 0 Å². The van der Waals surface area contributed by atoms with E-state index in [4.69, 9.17) is 4.74 Å². The number of hydrogen-bond acceptors (Lipinski definition) is 4. The highest BCUT2D eigenvalue weighted by Gasteiger charge is 2.33. The van der Waals surface area contributed by atoms with E-state index in [9.17, 15) is 4.79 Å². The van der Waals surface area contributed by atoms with E-state index >= 15 is 0 Å². The fourth-order valence-electron chi connectivity index (χ4n) is 2.06. The summed E-state index contributed by atoms with van der Waals surface area (Å²) >= 11 is 1.86. The molecular formula is C11H21ClN2O2S. The van der Waals surface area contributed by atoms with Crippen molar-refractivity contribution in [3.8, 4) is 0 Å². The van der Waals surface area contributed by atoms with Crippen molar-refractivity contribution in [3.05, 3.63) is 0 Å². The van der Waals surface area contributed by atoms with E-state index in [0.717, 1.165) is 45.7 Å². The molecule has 2 aliphatic heterocycles. The molecule has 4 nitrogen and oxygen atoms in total. The standard InChI is InChI=1S/C11H20N2O2S.ClH/c1-16-11(2-4-15-5-3-11)8-13-10(14)9-6-12-7-9;/h9,12H,2-8H2,1H3,(H,13,14);1H. The number of rotatable bonds is 4. The van der Waals surface area contributed by atoms with Crippen LogP contribution in [0.25, 0.3) is 0 Å². The molecule has 0 aromatic carbocycles. The largest absolute Gasteiger partial charge is 0.381 e. The van der Waals surface area contributed by atoms with E-state index < -0.39 is 0 Å². The SMILES string of the molecule is CSC1(CNC(=O)C2CNC2)CCOCC1.Cl. The van der Waals surface area contributed by atoms with Gasteiger partial charge in [0.2, 0.25) is 5.91 Å². The Hall–Kier alpha value is 0.0300. The van der Waals surface area contributed by atoms with Gasteiger partial charge in [-0.15, -0.1) is 12.4 Å². The lowest BCUT2D eigenvalue weighted by molar-refractivity contribution is -0.126. The molecule has 2 aliphatic rings. The fraction of sp³-hybridized carbons (Fsp3) is 0.909. The van der Waals surface area contributed by atoms with E-state index in [0.29, 0.717) is 0 Å². The van der Waals surface area contributed by atoms with Crippen molar-refractivity contribution < 1.29 is 9.53 Å². The van der Waals surface area contributed by atoms with E-state index in [1.165, 1.54) is 0 Å². The molecule has 0 aliphatic carbocycles. The van der Waals surface area contributed by atoms with Crippen LogP contribution in [-0.2, 0) is 9.53 Å². The third-order valence-corrected chi connectivity index (χ3v) is 4.99. The molecule has 0 unspecified atom stereocenters. The number of nitrogens with one attached hydrogen (secondary N) is 2. The number of amides is 1. The van der Waals surface area contributed by atoms with Crippen molar-refractivity contribution in [2.75, 3.05) is 39.1 Å². The van der Waals surface area contributed by atoms with Crippen molar-refractivity contribution in [2.45, 2.75) is 17.6 Å². The predicted octanol–water partition coefficient (Wildman–Crippen LogP) is 0.656. The summed E-state index contributed by atoms with van der Waals surface area (Å²) in [5.41, 5.74) is 0. The molecular weight excluding hydrogens is 260 g/mol. The van der Waals surface area contributed by atoms with Gasteiger partial charge in [-0.2, -0.15) is 11.8 Å². The van der Waals surface area contributed by atoms with E-state index in [-0.39, 0.29) is 29.0 Å². The minimum Gasteiger partial charge on any atom is -0.381 e. The zero-order valence-corrected chi connectivity index (χ0v) is 11.8. The molecule has 0 aromatic rings. The second kappa shape index (κ2) is 6.83. The number of halogens is 1. The van der Waals surface area contributed by atoms with E-state index in [2.05, 4.69) is 16.9 Å². The number of thioether (sulfide) groups is 1. The lowest BCUT2D eigenvalue weighted by Crippen LogP contribution is -2.53. The predicted molar refractivity (Wildman–Crippen MR) is 72.9 cm³/mol. The molecule has 0 aromatic heterocycles. The molecule has 0 radical (unpaired) electrons. The summed E-state index contributed by atoms with van der Waals surface area (Å²) in [4.78, 5) is 11.7. The summed E-state index contributed by atoms with van der Waals surface area (Å²) in [6.07, 6.45) is 4.21. The number of hydrogen-bond donors (Lipinski definition) is 2. The van der Waals surface area contributed by atoms with Crippen molar-refractivity contribution in [1.82, 2.24) is 10.6 Å². The minimum atomic E-state index is 0. The molecule has 0 bridgehead atoms. The number of carbonyl (C=O) groups is 1. The van der Waals surface area contributed by atoms with Crippen LogP contribution in [0.4, 0.5) is 0 Å². The molecule has 2 N–H and O–H groups in total. The first-order valence-electron chi connectivity index (χ1n) is 5.87. The van der Waals surface area contributed by atoms with Crippen LogP contribution in [0, 0.1) is 5.92 Å². The molecule has 17 heavy (non-hydrogen) atoms. The second-order valence-electron chi connectivity index (χ2n) is 4.57. The normalized spacial score (nSPS) is 23.4. The first-order chi connectivity index (χ1) is 7.76. The van der Waals surface area contributed by atoms with Crippen LogP contribution < -0.4 is 10.6 Å². The average molecular weight is 281 g/mol. The summed E-state index contributed by atoms with van der Waals surface area (Å²) < 4.78 is 5.58. The van der Waals surface area contributed by atoms with Gasteiger partial charge in [-0.25, -0.2) is 0 Å². The smallest absolute Gasteiger partial charge is 0.225 e. The molecule has 2 heterocycles. The van der Waals surface area contributed by atoms with Crippen molar-refractivity contribution >= 4 is 30.1 Å². The maximum absolute atomic E-state index is 11.7. The van der Waals surface area contributed by atoms with Crippen LogP contribution >= 0.6 is 24.2 Å². The van der Waals surface area contributed by atoms with Gasteiger partial charge in [0, 0.05) is 37.6 Å².